The molecular formula is C22H23FN4O. The van der Waals surface area contributed by atoms with Gasteiger partial charge in [-0.25, -0.2) is 9.07 Å². The summed E-state index contributed by atoms with van der Waals surface area (Å²) in [5, 5.41) is 8.84. The van der Waals surface area contributed by atoms with Crippen molar-refractivity contribution in [2.75, 3.05) is 19.6 Å². The molecule has 0 unspecified atom stereocenters. The van der Waals surface area contributed by atoms with Gasteiger partial charge in [-0.15, -0.1) is 5.10 Å². The molecule has 2 aromatic carbocycles. The van der Waals surface area contributed by atoms with E-state index in [4.69, 9.17) is 4.74 Å². The van der Waals surface area contributed by atoms with E-state index in [1.165, 1.54) is 38.1 Å². The van der Waals surface area contributed by atoms with Gasteiger partial charge in [0, 0.05) is 12.1 Å². The van der Waals surface area contributed by atoms with Gasteiger partial charge in [-0.05, 0) is 61.7 Å². The highest BCUT2D eigenvalue weighted by Gasteiger charge is 2.35. The molecule has 0 radical (unpaired) electrons. The first-order chi connectivity index (χ1) is 13.7. The highest BCUT2D eigenvalue weighted by atomic mass is 19.1. The summed E-state index contributed by atoms with van der Waals surface area (Å²) in [4.78, 5) is 2.52. The molecule has 3 fully saturated rings. The normalized spacial score (nSPS) is 23.7. The van der Waals surface area contributed by atoms with Crippen LogP contribution in [0.2, 0.25) is 0 Å². The highest BCUT2D eigenvalue weighted by molar-refractivity contribution is 5.59. The molecular weight excluding hydrogens is 355 g/mol. The molecule has 0 amide bonds. The van der Waals surface area contributed by atoms with Crippen molar-refractivity contribution in [1.29, 1.82) is 0 Å². The molecule has 2 bridgehead atoms. The molecule has 5 nitrogen and oxygen atoms in total. The van der Waals surface area contributed by atoms with Crippen LogP contribution in [0, 0.1) is 11.7 Å². The van der Waals surface area contributed by atoms with Crippen molar-refractivity contribution >= 4 is 0 Å². The van der Waals surface area contributed by atoms with E-state index in [2.05, 4.69) is 26.1 Å². The molecule has 0 N–H and O–H groups in total. The zero-order chi connectivity index (χ0) is 18.9. The van der Waals surface area contributed by atoms with Crippen molar-refractivity contribution in [3.05, 3.63) is 66.1 Å². The van der Waals surface area contributed by atoms with Crippen LogP contribution in [0.3, 0.4) is 0 Å². The zero-order valence-corrected chi connectivity index (χ0v) is 15.7. The van der Waals surface area contributed by atoms with Gasteiger partial charge in [0.1, 0.15) is 23.9 Å². The van der Waals surface area contributed by atoms with Gasteiger partial charge in [0.15, 0.2) is 0 Å². The summed E-state index contributed by atoms with van der Waals surface area (Å²) < 4.78 is 20.9. The summed E-state index contributed by atoms with van der Waals surface area (Å²) in [7, 11) is 0. The third-order valence-electron chi connectivity index (χ3n) is 5.92. The first kappa shape index (κ1) is 17.4. The van der Waals surface area contributed by atoms with Gasteiger partial charge in [0.2, 0.25) is 0 Å². The van der Waals surface area contributed by atoms with Crippen LogP contribution in [0.15, 0.2) is 54.7 Å². The van der Waals surface area contributed by atoms with Gasteiger partial charge in [0.05, 0.1) is 12.2 Å². The van der Waals surface area contributed by atoms with Crippen molar-refractivity contribution in [2.24, 2.45) is 5.92 Å². The SMILES string of the molecule is Fc1ccc(COc2cccc(-c3cn([C@@H]4CN5CCC4CC5)nn3)c2)cc1. The fourth-order valence-corrected chi connectivity index (χ4v) is 4.30. The Kier molecular flexibility index (Phi) is 4.56. The minimum Gasteiger partial charge on any atom is -0.489 e. The molecule has 6 heteroatoms. The fourth-order valence-electron chi connectivity index (χ4n) is 4.30. The number of rotatable bonds is 5. The molecule has 0 spiro atoms. The summed E-state index contributed by atoms with van der Waals surface area (Å²) >= 11 is 0. The van der Waals surface area contributed by atoms with Crippen molar-refractivity contribution < 1.29 is 9.13 Å². The molecule has 1 atom stereocenters. The van der Waals surface area contributed by atoms with E-state index < -0.39 is 0 Å². The third-order valence-corrected chi connectivity index (χ3v) is 5.92. The Morgan fingerprint density at radius 3 is 2.64 bits per heavy atom. The van der Waals surface area contributed by atoms with Crippen LogP contribution in [0.5, 0.6) is 5.75 Å². The van der Waals surface area contributed by atoms with Gasteiger partial charge in [-0.1, -0.05) is 29.5 Å². The molecule has 1 aromatic heterocycles. The van der Waals surface area contributed by atoms with Crippen LogP contribution >= 0.6 is 0 Å². The summed E-state index contributed by atoms with van der Waals surface area (Å²) in [5.74, 6) is 1.24. The first-order valence-corrected chi connectivity index (χ1v) is 9.86. The van der Waals surface area contributed by atoms with Gasteiger partial charge in [0.25, 0.3) is 0 Å². The van der Waals surface area contributed by atoms with Crippen molar-refractivity contribution in [3.8, 4) is 17.0 Å². The predicted octanol–water partition coefficient (Wildman–Crippen LogP) is 3.93. The number of hydrogen-bond donors (Lipinski definition) is 0. The lowest BCUT2D eigenvalue weighted by molar-refractivity contribution is 0.0504. The van der Waals surface area contributed by atoms with Crippen LogP contribution in [0.4, 0.5) is 4.39 Å². The highest BCUT2D eigenvalue weighted by Crippen LogP contribution is 2.35. The van der Waals surface area contributed by atoms with Gasteiger partial charge in [-0.3, -0.25) is 0 Å². The Morgan fingerprint density at radius 2 is 1.89 bits per heavy atom. The van der Waals surface area contributed by atoms with E-state index in [0.717, 1.165) is 29.1 Å². The molecule has 4 heterocycles. The Hall–Kier alpha value is -2.73. The van der Waals surface area contributed by atoms with Gasteiger partial charge in [-0.2, -0.15) is 0 Å². The number of fused-ring (bicyclic) bond motifs is 3. The number of ether oxygens (including phenoxy) is 1. The van der Waals surface area contributed by atoms with Gasteiger partial charge >= 0.3 is 0 Å². The Morgan fingerprint density at radius 1 is 1.07 bits per heavy atom. The summed E-state index contributed by atoms with van der Waals surface area (Å²) in [6.45, 7) is 3.91. The van der Waals surface area contributed by atoms with Crippen LogP contribution in [-0.2, 0) is 6.61 Å². The Bertz CT molecular complexity index is 947. The van der Waals surface area contributed by atoms with Crippen molar-refractivity contribution in [3.63, 3.8) is 0 Å². The van der Waals surface area contributed by atoms with Crippen LogP contribution in [0.1, 0.15) is 24.4 Å². The number of benzene rings is 2. The Labute approximate surface area is 163 Å². The maximum Gasteiger partial charge on any atom is 0.123 e. The molecule has 3 saturated heterocycles. The minimum absolute atomic E-state index is 0.239. The average molecular weight is 378 g/mol. The lowest BCUT2D eigenvalue weighted by Crippen LogP contribution is -2.48. The molecule has 6 rings (SSSR count). The molecule has 0 aliphatic carbocycles. The van der Waals surface area contributed by atoms with Crippen molar-refractivity contribution in [1.82, 2.24) is 19.9 Å². The van der Waals surface area contributed by atoms with Crippen LogP contribution < -0.4 is 4.74 Å². The van der Waals surface area contributed by atoms with E-state index in [9.17, 15) is 4.39 Å². The maximum atomic E-state index is 13.0. The summed E-state index contributed by atoms with van der Waals surface area (Å²) in [6.07, 6.45) is 4.57. The lowest BCUT2D eigenvalue weighted by Gasteiger charge is -2.44. The number of aromatic nitrogens is 3. The lowest BCUT2D eigenvalue weighted by atomic mass is 9.84. The predicted molar refractivity (Wildman–Crippen MR) is 104 cm³/mol. The number of nitrogens with zero attached hydrogens (tertiary/aromatic N) is 4. The second-order valence-corrected chi connectivity index (χ2v) is 7.73. The minimum atomic E-state index is -0.239. The first-order valence-electron chi connectivity index (χ1n) is 9.86. The molecule has 28 heavy (non-hydrogen) atoms. The molecule has 0 saturated carbocycles. The van der Waals surface area contributed by atoms with Crippen LogP contribution in [-0.4, -0.2) is 39.5 Å². The smallest absolute Gasteiger partial charge is 0.123 e. The molecule has 144 valence electrons. The van der Waals surface area contributed by atoms with E-state index in [1.807, 2.05) is 24.3 Å². The summed E-state index contributed by atoms with van der Waals surface area (Å²) in [6, 6.07) is 14.7. The fraction of sp³-hybridized carbons (Fsp3) is 0.364. The maximum absolute atomic E-state index is 13.0. The molecule has 3 aromatic rings. The largest absolute Gasteiger partial charge is 0.489 e. The zero-order valence-electron chi connectivity index (χ0n) is 15.7. The standard InChI is InChI=1S/C22H23FN4O/c23-19-6-4-16(5-7-19)15-28-20-3-1-2-18(12-20)21-13-27(25-24-21)22-14-26-10-8-17(22)9-11-26/h1-7,12-13,17,22H,8-11,14-15H2/t22-/m1/s1. The van der Waals surface area contributed by atoms with Crippen LogP contribution in [0.25, 0.3) is 11.3 Å². The number of halogens is 1. The van der Waals surface area contributed by atoms with Crippen molar-refractivity contribution in [2.45, 2.75) is 25.5 Å². The topological polar surface area (TPSA) is 43.2 Å². The average Bonchev–Trinajstić information content (AvgIpc) is 3.25. The molecule has 3 aliphatic heterocycles. The quantitative estimate of drug-likeness (QED) is 0.675. The van der Waals surface area contributed by atoms with E-state index >= 15 is 0 Å². The number of hydrogen-bond acceptors (Lipinski definition) is 4. The van der Waals surface area contributed by atoms with E-state index in [-0.39, 0.29) is 5.82 Å². The Balaban J connectivity index is 1.30. The van der Waals surface area contributed by atoms with E-state index in [1.54, 1.807) is 12.1 Å². The number of piperidine rings is 3. The third kappa shape index (κ3) is 3.52. The second kappa shape index (κ2) is 7.36. The second-order valence-electron chi connectivity index (χ2n) is 7.73. The summed E-state index contributed by atoms with van der Waals surface area (Å²) in [5.41, 5.74) is 2.79. The van der Waals surface area contributed by atoms with Gasteiger partial charge < -0.3 is 9.64 Å². The molecule has 3 aliphatic rings. The monoisotopic (exact) mass is 378 g/mol. The van der Waals surface area contributed by atoms with E-state index in [0.29, 0.717) is 18.6 Å².